The molecule has 2 aromatic heterocycles. The topological polar surface area (TPSA) is 102 Å². The van der Waals surface area contributed by atoms with Gasteiger partial charge in [0.1, 0.15) is 4.90 Å². The van der Waals surface area contributed by atoms with Crippen molar-refractivity contribution >= 4 is 15.8 Å². The Morgan fingerprint density at radius 2 is 2.25 bits per heavy atom. The number of likely N-dealkylation sites (N-methyl/N-ethyl adjacent to an activating group) is 1. The highest BCUT2D eigenvalue weighted by Crippen LogP contribution is 2.12. The molecule has 0 saturated heterocycles. The molecule has 0 unspecified atom stereocenters. The van der Waals surface area contributed by atoms with Crippen LogP contribution in [0.5, 0.6) is 0 Å². The number of nitrogens with zero attached hydrogens (tertiary/aromatic N) is 4. The fourth-order valence-electron chi connectivity index (χ4n) is 1.53. The first-order valence-corrected chi connectivity index (χ1v) is 7.64. The number of hydrogen-bond donors (Lipinski definition) is 2. The minimum atomic E-state index is -3.68. The third kappa shape index (κ3) is 3.75. The van der Waals surface area contributed by atoms with Crippen molar-refractivity contribution in [1.82, 2.24) is 25.3 Å². The Labute approximate surface area is 117 Å². The molecule has 0 aliphatic heterocycles. The third-order valence-electron chi connectivity index (χ3n) is 2.50. The Morgan fingerprint density at radius 3 is 2.95 bits per heavy atom. The minimum absolute atomic E-state index is 0.0969. The van der Waals surface area contributed by atoms with E-state index in [0.717, 1.165) is 13.1 Å². The van der Waals surface area contributed by atoms with E-state index >= 15 is 0 Å². The number of rotatable bonds is 7. The summed E-state index contributed by atoms with van der Waals surface area (Å²) >= 11 is 0. The van der Waals surface area contributed by atoms with Crippen molar-refractivity contribution in [2.75, 3.05) is 17.8 Å². The van der Waals surface area contributed by atoms with Gasteiger partial charge in [0, 0.05) is 18.9 Å². The highest BCUT2D eigenvalue weighted by molar-refractivity contribution is 7.92. The fourth-order valence-corrected chi connectivity index (χ4v) is 2.48. The van der Waals surface area contributed by atoms with Gasteiger partial charge in [0.05, 0.1) is 12.7 Å². The lowest BCUT2D eigenvalue weighted by Gasteiger charge is -2.04. The zero-order valence-electron chi connectivity index (χ0n) is 11.0. The number of anilines is 1. The molecule has 0 atom stereocenters. The second-order valence-corrected chi connectivity index (χ2v) is 5.69. The molecule has 0 radical (unpaired) electrons. The highest BCUT2D eigenvalue weighted by atomic mass is 32.2. The summed E-state index contributed by atoms with van der Waals surface area (Å²) in [5.74, 6) is 0.174. The van der Waals surface area contributed by atoms with Gasteiger partial charge in [-0.2, -0.15) is 10.2 Å². The third-order valence-corrected chi connectivity index (χ3v) is 3.81. The summed E-state index contributed by atoms with van der Waals surface area (Å²) in [6.45, 7) is 4.20. The Balaban J connectivity index is 2.06. The highest BCUT2D eigenvalue weighted by Gasteiger charge is 2.17. The molecule has 8 nitrogen and oxygen atoms in total. The SMILES string of the molecule is CCNCCn1cc(S(=O)(=O)Nc2cccnn2)cn1. The van der Waals surface area contributed by atoms with E-state index in [-0.39, 0.29) is 10.7 Å². The lowest BCUT2D eigenvalue weighted by atomic mass is 10.6. The second-order valence-electron chi connectivity index (χ2n) is 4.01. The number of aromatic nitrogens is 4. The summed E-state index contributed by atoms with van der Waals surface area (Å²) in [5.41, 5.74) is 0. The smallest absolute Gasteiger partial charge is 0.266 e. The van der Waals surface area contributed by atoms with Crippen molar-refractivity contribution in [2.45, 2.75) is 18.4 Å². The number of hydrogen-bond acceptors (Lipinski definition) is 6. The average molecular weight is 296 g/mol. The summed E-state index contributed by atoms with van der Waals surface area (Å²) in [5, 5.41) is 14.4. The van der Waals surface area contributed by atoms with E-state index in [2.05, 4.69) is 25.3 Å². The summed E-state index contributed by atoms with van der Waals surface area (Å²) in [6.07, 6.45) is 4.26. The first kappa shape index (κ1) is 14.4. The maximum Gasteiger partial charge on any atom is 0.266 e. The molecule has 0 bridgehead atoms. The van der Waals surface area contributed by atoms with Crippen LogP contribution in [0, 0.1) is 0 Å². The van der Waals surface area contributed by atoms with Gasteiger partial charge in [0.25, 0.3) is 10.0 Å². The van der Waals surface area contributed by atoms with Crippen LogP contribution in [0.2, 0.25) is 0 Å². The number of sulfonamides is 1. The maximum absolute atomic E-state index is 12.1. The zero-order valence-corrected chi connectivity index (χ0v) is 11.8. The molecule has 0 saturated carbocycles. The lowest BCUT2D eigenvalue weighted by Crippen LogP contribution is -2.19. The van der Waals surface area contributed by atoms with Gasteiger partial charge in [-0.15, -0.1) is 5.10 Å². The van der Waals surface area contributed by atoms with E-state index in [0.29, 0.717) is 6.54 Å². The molecule has 108 valence electrons. The first-order chi connectivity index (χ1) is 9.62. The van der Waals surface area contributed by atoms with Gasteiger partial charge in [0.15, 0.2) is 5.82 Å². The molecular formula is C11H16N6O2S. The van der Waals surface area contributed by atoms with Crippen LogP contribution in [-0.4, -0.2) is 41.5 Å². The predicted molar refractivity (Wildman–Crippen MR) is 73.6 cm³/mol. The zero-order chi connectivity index (χ0) is 14.4. The quantitative estimate of drug-likeness (QED) is 0.702. The molecular weight excluding hydrogens is 280 g/mol. The van der Waals surface area contributed by atoms with Crippen LogP contribution < -0.4 is 10.0 Å². The van der Waals surface area contributed by atoms with Crippen LogP contribution in [0.1, 0.15) is 6.92 Å². The molecule has 0 amide bonds. The van der Waals surface area contributed by atoms with Gasteiger partial charge in [-0.05, 0) is 18.7 Å². The normalized spacial score (nSPS) is 11.4. The molecule has 0 fully saturated rings. The minimum Gasteiger partial charge on any atom is -0.315 e. The van der Waals surface area contributed by atoms with Crippen molar-refractivity contribution < 1.29 is 8.42 Å². The molecule has 2 aromatic rings. The largest absolute Gasteiger partial charge is 0.315 e. The van der Waals surface area contributed by atoms with E-state index in [1.54, 1.807) is 10.7 Å². The van der Waals surface area contributed by atoms with Gasteiger partial charge in [0.2, 0.25) is 0 Å². The predicted octanol–water partition coefficient (Wildman–Crippen LogP) is 0.0834. The van der Waals surface area contributed by atoms with Gasteiger partial charge in [-0.25, -0.2) is 8.42 Å². The maximum atomic E-state index is 12.1. The summed E-state index contributed by atoms with van der Waals surface area (Å²) < 4.78 is 28.1. The van der Waals surface area contributed by atoms with Crippen molar-refractivity contribution in [3.8, 4) is 0 Å². The van der Waals surface area contributed by atoms with Gasteiger partial charge >= 0.3 is 0 Å². The Hall–Kier alpha value is -2.00. The van der Waals surface area contributed by atoms with Crippen LogP contribution in [-0.2, 0) is 16.6 Å². The Bertz CT molecular complexity index is 640. The average Bonchev–Trinajstić information content (AvgIpc) is 2.89. The van der Waals surface area contributed by atoms with Crippen molar-refractivity contribution in [3.63, 3.8) is 0 Å². The number of nitrogens with one attached hydrogen (secondary N) is 2. The van der Waals surface area contributed by atoms with Gasteiger partial charge < -0.3 is 5.32 Å². The van der Waals surface area contributed by atoms with Crippen LogP contribution in [0.3, 0.4) is 0 Å². The summed E-state index contributed by atoms with van der Waals surface area (Å²) in [7, 11) is -3.68. The molecule has 2 heterocycles. The van der Waals surface area contributed by atoms with Crippen molar-refractivity contribution in [3.05, 3.63) is 30.7 Å². The molecule has 0 aliphatic carbocycles. The first-order valence-electron chi connectivity index (χ1n) is 6.15. The van der Waals surface area contributed by atoms with Crippen molar-refractivity contribution in [2.24, 2.45) is 0 Å². The Morgan fingerprint density at radius 1 is 1.40 bits per heavy atom. The van der Waals surface area contributed by atoms with Crippen LogP contribution in [0.25, 0.3) is 0 Å². The molecule has 0 aliphatic rings. The van der Waals surface area contributed by atoms with E-state index in [1.165, 1.54) is 24.7 Å². The Kier molecular flexibility index (Phi) is 4.64. The fraction of sp³-hybridized carbons (Fsp3) is 0.364. The van der Waals surface area contributed by atoms with E-state index in [4.69, 9.17) is 0 Å². The van der Waals surface area contributed by atoms with E-state index in [1.807, 2.05) is 6.92 Å². The molecule has 2 rings (SSSR count). The monoisotopic (exact) mass is 296 g/mol. The van der Waals surface area contributed by atoms with Gasteiger partial charge in [-0.1, -0.05) is 6.92 Å². The van der Waals surface area contributed by atoms with Gasteiger partial charge in [-0.3, -0.25) is 9.40 Å². The summed E-state index contributed by atoms with van der Waals surface area (Å²) in [4.78, 5) is 0.0969. The molecule has 2 N–H and O–H groups in total. The van der Waals surface area contributed by atoms with Crippen LogP contribution in [0.15, 0.2) is 35.6 Å². The molecule has 9 heteroatoms. The van der Waals surface area contributed by atoms with E-state index < -0.39 is 10.0 Å². The van der Waals surface area contributed by atoms with E-state index in [9.17, 15) is 8.42 Å². The van der Waals surface area contributed by atoms with Crippen LogP contribution in [0.4, 0.5) is 5.82 Å². The van der Waals surface area contributed by atoms with Crippen LogP contribution >= 0.6 is 0 Å². The standard InChI is InChI=1S/C11H16N6O2S/c1-2-12-6-7-17-9-10(8-14-17)20(18,19)16-11-4-3-5-13-15-11/h3-5,8-9,12H,2,6-7H2,1H3,(H,15,16). The molecule has 0 spiro atoms. The molecule has 20 heavy (non-hydrogen) atoms. The van der Waals surface area contributed by atoms with Crippen molar-refractivity contribution in [1.29, 1.82) is 0 Å². The second kappa shape index (κ2) is 6.44. The summed E-state index contributed by atoms with van der Waals surface area (Å²) in [6, 6.07) is 3.13. The molecule has 0 aromatic carbocycles. The lowest BCUT2D eigenvalue weighted by molar-refractivity contribution is 0.564.